The number of halogens is 3. The van der Waals surface area contributed by atoms with Crippen LogP contribution >= 0.6 is 15.9 Å². The molecule has 0 bridgehead atoms. The highest BCUT2D eigenvalue weighted by molar-refractivity contribution is 9.10. The summed E-state index contributed by atoms with van der Waals surface area (Å²) in [5.74, 6) is -2.39. The van der Waals surface area contributed by atoms with Crippen LogP contribution in [-0.4, -0.2) is 15.7 Å². The molecule has 1 unspecified atom stereocenters. The van der Waals surface area contributed by atoms with E-state index < -0.39 is 22.4 Å². The minimum absolute atomic E-state index is 0.174. The highest BCUT2D eigenvalue weighted by Gasteiger charge is 2.17. The molecule has 0 N–H and O–H groups in total. The number of hydrogen-bond acceptors (Lipinski definition) is 2. The van der Waals surface area contributed by atoms with Gasteiger partial charge in [-0.05, 0) is 18.2 Å². The molecule has 0 aliphatic carbocycles. The zero-order valence-corrected chi connectivity index (χ0v) is 12.5. The van der Waals surface area contributed by atoms with Crippen molar-refractivity contribution in [3.63, 3.8) is 0 Å². The summed E-state index contributed by atoms with van der Waals surface area (Å²) in [7, 11) is -1.85. The summed E-state index contributed by atoms with van der Waals surface area (Å²) in [6.07, 6.45) is 0. The molecule has 2 aromatic rings. The predicted molar refractivity (Wildman–Crippen MR) is 76.1 cm³/mol. The van der Waals surface area contributed by atoms with E-state index in [1.165, 1.54) is 0 Å². The zero-order chi connectivity index (χ0) is 14.7. The van der Waals surface area contributed by atoms with Gasteiger partial charge in [0.1, 0.15) is 11.6 Å². The first-order valence-corrected chi connectivity index (χ1v) is 7.71. The molecule has 0 aliphatic heterocycles. The maximum absolute atomic E-state index is 13.5. The number of rotatable bonds is 4. The summed E-state index contributed by atoms with van der Waals surface area (Å²) < 4.78 is 38.8. The topological polar surface area (TPSA) is 34.1 Å². The zero-order valence-electron chi connectivity index (χ0n) is 10.1. The van der Waals surface area contributed by atoms with Crippen molar-refractivity contribution in [1.82, 2.24) is 0 Å². The number of Topliss-reactive ketones (excluding diaryl/α,β-unsaturated/α-hetero) is 1. The number of carbonyl (C=O) groups excluding carboxylic acids is 1. The van der Waals surface area contributed by atoms with Crippen LogP contribution in [-0.2, 0) is 10.8 Å². The molecule has 0 aromatic heterocycles. The van der Waals surface area contributed by atoms with Gasteiger partial charge < -0.3 is 0 Å². The largest absolute Gasteiger partial charge is 0.293 e. The molecule has 0 radical (unpaired) electrons. The molecule has 0 spiro atoms. The van der Waals surface area contributed by atoms with Crippen LogP contribution in [0.5, 0.6) is 0 Å². The Labute approximate surface area is 125 Å². The average molecular weight is 359 g/mol. The quantitative estimate of drug-likeness (QED) is 0.780. The average Bonchev–Trinajstić information content (AvgIpc) is 2.38. The van der Waals surface area contributed by atoms with Crippen LogP contribution in [0.3, 0.4) is 0 Å². The van der Waals surface area contributed by atoms with E-state index >= 15 is 0 Å². The fourth-order valence-electron chi connectivity index (χ4n) is 1.62. The van der Waals surface area contributed by atoms with Crippen LogP contribution in [0.2, 0.25) is 0 Å². The second-order valence-corrected chi connectivity index (χ2v) is 6.24. The minimum atomic E-state index is -1.85. The van der Waals surface area contributed by atoms with E-state index in [2.05, 4.69) is 15.9 Å². The van der Waals surface area contributed by atoms with E-state index in [4.69, 9.17) is 0 Å². The lowest BCUT2D eigenvalue weighted by atomic mass is 10.1. The summed E-state index contributed by atoms with van der Waals surface area (Å²) >= 11 is 3.22. The minimum Gasteiger partial charge on any atom is -0.293 e. The molecule has 2 rings (SSSR count). The second-order valence-electron chi connectivity index (χ2n) is 3.97. The Morgan fingerprint density at radius 3 is 2.50 bits per heavy atom. The lowest BCUT2D eigenvalue weighted by molar-refractivity contribution is 0.102. The number of ketones is 1. The van der Waals surface area contributed by atoms with Gasteiger partial charge in [-0.25, -0.2) is 8.78 Å². The number of carbonyl (C=O) groups is 1. The summed E-state index contributed by atoms with van der Waals surface area (Å²) in [6, 6.07) is 9.46. The Morgan fingerprint density at radius 1 is 1.15 bits per heavy atom. The van der Waals surface area contributed by atoms with Crippen LogP contribution in [0.4, 0.5) is 8.78 Å². The lowest BCUT2D eigenvalue weighted by Crippen LogP contribution is -2.12. The second kappa shape index (κ2) is 6.37. The first-order chi connectivity index (χ1) is 9.49. The van der Waals surface area contributed by atoms with Gasteiger partial charge in [0.05, 0.1) is 21.4 Å². The van der Waals surface area contributed by atoms with Gasteiger partial charge in [0.15, 0.2) is 5.78 Å². The van der Waals surface area contributed by atoms with Gasteiger partial charge in [0.25, 0.3) is 0 Å². The predicted octanol–water partition coefficient (Wildman–Crippen LogP) is 3.72. The van der Waals surface area contributed by atoms with Gasteiger partial charge in [0.2, 0.25) is 0 Å². The molecular weight excluding hydrogens is 350 g/mol. The molecule has 0 saturated heterocycles. The maximum Gasteiger partial charge on any atom is 0.176 e. The molecule has 104 valence electrons. The van der Waals surface area contributed by atoms with E-state index in [0.29, 0.717) is 16.1 Å². The van der Waals surface area contributed by atoms with Gasteiger partial charge in [-0.2, -0.15) is 0 Å². The molecule has 0 heterocycles. The van der Waals surface area contributed by atoms with Crippen LogP contribution in [0.15, 0.2) is 51.8 Å². The molecule has 0 amide bonds. The van der Waals surface area contributed by atoms with Gasteiger partial charge in [0, 0.05) is 16.1 Å². The summed E-state index contributed by atoms with van der Waals surface area (Å²) in [5, 5.41) is 0. The van der Waals surface area contributed by atoms with Crippen molar-refractivity contribution in [1.29, 1.82) is 0 Å². The van der Waals surface area contributed by atoms with Crippen molar-refractivity contribution < 1.29 is 17.8 Å². The third kappa shape index (κ3) is 3.37. The fraction of sp³-hybridized carbons (Fsp3) is 0.0714. The highest BCUT2D eigenvalue weighted by Crippen LogP contribution is 2.19. The van der Waals surface area contributed by atoms with E-state index in [-0.39, 0.29) is 16.4 Å². The van der Waals surface area contributed by atoms with Gasteiger partial charge in [-0.3, -0.25) is 9.00 Å². The summed E-state index contributed by atoms with van der Waals surface area (Å²) in [4.78, 5) is 11.8. The molecule has 2 aromatic carbocycles. The Hall–Kier alpha value is -1.40. The van der Waals surface area contributed by atoms with Gasteiger partial charge in [-0.1, -0.05) is 34.1 Å². The molecule has 20 heavy (non-hydrogen) atoms. The Balaban J connectivity index is 2.20. The summed E-state index contributed by atoms with van der Waals surface area (Å²) in [5.41, 5.74) is 0.378. The van der Waals surface area contributed by atoms with E-state index in [1.807, 2.05) is 0 Å². The van der Waals surface area contributed by atoms with Crippen molar-refractivity contribution in [2.24, 2.45) is 0 Å². The third-order valence-corrected chi connectivity index (χ3v) is 4.61. The van der Waals surface area contributed by atoms with E-state index in [9.17, 15) is 17.8 Å². The fourth-order valence-corrected chi connectivity index (χ4v) is 3.17. The van der Waals surface area contributed by atoms with Crippen LogP contribution < -0.4 is 0 Å². The van der Waals surface area contributed by atoms with Crippen LogP contribution in [0, 0.1) is 11.6 Å². The lowest BCUT2D eigenvalue weighted by Gasteiger charge is -2.05. The maximum atomic E-state index is 13.5. The first kappa shape index (κ1) is 15.0. The Morgan fingerprint density at radius 2 is 1.85 bits per heavy atom. The van der Waals surface area contributed by atoms with E-state index in [0.717, 1.165) is 12.1 Å². The smallest absolute Gasteiger partial charge is 0.176 e. The Kier molecular flexibility index (Phi) is 4.77. The van der Waals surface area contributed by atoms with Crippen molar-refractivity contribution in [3.05, 3.63) is 64.1 Å². The molecule has 0 fully saturated rings. The number of benzene rings is 2. The first-order valence-electron chi connectivity index (χ1n) is 5.60. The van der Waals surface area contributed by atoms with Crippen molar-refractivity contribution in [3.8, 4) is 0 Å². The van der Waals surface area contributed by atoms with Crippen molar-refractivity contribution in [2.75, 3.05) is 5.75 Å². The molecule has 0 saturated carbocycles. The SMILES string of the molecule is O=C(CS(=O)c1ccc(F)cc1F)c1ccccc1Br. The van der Waals surface area contributed by atoms with E-state index in [1.54, 1.807) is 24.3 Å². The molecule has 1 atom stereocenters. The standard InChI is InChI=1S/C14H9BrF2O2S/c15-11-4-2-1-3-10(11)13(18)8-20(19)14-6-5-9(16)7-12(14)17/h1-7H,8H2. The molecule has 0 aliphatic rings. The number of hydrogen-bond donors (Lipinski definition) is 0. The highest BCUT2D eigenvalue weighted by atomic mass is 79.9. The normalized spacial score (nSPS) is 12.2. The molecular formula is C14H9BrF2O2S. The van der Waals surface area contributed by atoms with Gasteiger partial charge in [-0.15, -0.1) is 0 Å². The van der Waals surface area contributed by atoms with Crippen LogP contribution in [0.25, 0.3) is 0 Å². The third-order valence-electron chi connectivity index (χ3n) is 2.58. The summed E-state index contributed by atoms with van der Waals surface area (Å²) in [6.45, 7) is 0. The van der Waals surface area contributed by atoms with Crippen LogP contribution in [0.1, 0.15) is 10.4 Å². The molecule has 6 heteroatoms. The monoisotopic (exact) mass is 358 g/mol. The van der Waals surface area contributed by atoms with Crippen molar-refractivity contribution in [2.45, 2.75) is 4.90 Å². The Bertz CT molecular complexity index is 689. The molecule has 2 nitrogen and oxygen atoms in total. The van der Waals surface area contributed by atoms with Gasteiger partial charge >= 0.3 is 0 Å². The van der Waals surface area contributed by atoms with Crippen molar-refractivity contribution >= 4 is 32.5 Å².